The van der Waals surface area contributed by atoms with Gasteiger partial charge in [-0.1, -0.05) is 0 Å². The molecule has 0 bridgehead atoms. The van der Waals surface area contributed by atoms with E-state index in [0.29, 0.717) is 12.4 Å². The fourth-order valence-corrected chi connectivity index (χ4v) is 0.997. The molecule has 0 spiro atoms. The number of rotatable bonds is 4. The van der Waals surface area contributed by atoms with Crippen LogP contribution in [0, 0.1) is 0 Å². The molecule has 0 aliphatic heterocycles. The molecule has 0 unspecified atom stereocenters. The first kappa shape index (κ1) is 11.8. The zero-order chi connectivity index (χ0) is 11.5. The Hall–Kier alpha value is -1.30. The lowest BCUT2D eigenvalue weighted by Gasteiger charge is -2.19. The minimum atomic E-state index is -0.0501. The highest BCUT2D eigenvalue weighted by molar-refractivity contribution is 5.82. The number of aryl methyl sites for hydroxylation is 1. The quantitative estimate of drug-likeness (QED) is 0.741. The number of hydrogen-bond acceptors (Lipinski definition) is 5. The van der Waals surface area contributed by atoms with Gasteiger partial charge in [-0.3, -0.25) is 4.79 Å². The summed E-state index contributed by atoms with van der Waals surface area (Å²) < 4.78 is 0. The van der Waals surface area contributed by atoms with Crippen LogP contribution in [0.1, 0.15) is 26.6 Å². The Balaban J connectivity index is 2.37. The Morgan fingerprint density at radius 2 is 2.13 bits per heavy atom. The molecular weight excluding hydrogens is 194 g/mol. The third kappa shape index (κ3) is 4.64. The summed E-state index contributed by atoms with van der Waals surface area (Å²) in [6, 6.07) is 0. The maximum absolute atomic E-state index is 11.5. The van der Waals surface area contributed by atoms with Crippen molar-refractivity contribution in [2.75, 3.05) is 6.54 Å². The molecule has 1 N–H and O–H groups in total. The number of nitrogens with zero attached hydrogens (tertiary/aromatic N) is 4. The van der Waals surface area contributed by atoms with Crippen LogP contribution in [-0.2, 0) is 18.3 Å². The van der Waals surface area contributed by atoms with Gasteiger partial charge < -0.3 is 5.32 Å². The average Bonchev–Trinajstić information content (AvgIpc) is 2.47. The van der Waals surface area contributed by atoms with Crippen molar-refractivity contribution in [2.24, 2.45) is 7.05 Å². The molecule has 0 aromatic carbocycles. The van der Waals surface area contributed by atoms with Gasteiger partial charge in [0, 0.05) is 5.54 Å². The van der Waals surface area contributed by atoms with E-state index in [9.17, 15) is 4.79 Å². The van der Waals surface area contributed by atoms with Gasteiger partial charge in [-0.05, 0) is 26.0 Å². The van der Waals surface area contributed by atoms with Gasteiger partial charge in [0.05, 0.1) is 20.0 Å². The van der Waals surface area contributed by atoms with Gasteiger partial charge in [-0.25, -0.2) is 0 Å². The van der Waals surface area contributed by atoms with Gasteiger partial charge in [0.25, 0.3) is 0 Å². The lowest BCUT2D eigenvalue weighted by Crippen LogP contribution is -2.39. The predicted octanol–water partition coefficient (Wildman–Crippen LogP) is -0.290. The lowest BCUT2D eigenvalue weighted by atomic mass is 10.1. The summed E-state index contributed by atoms with van der Waals surface area (Å²) in [5, 5.41) is 14.5. The minimum absolute atomic E-state index is 0.0501. The Kier molecular flexibility index (Phi) is 3.52. The van der Waals surface area contributed by atoms with Crippen LogP contribution in [0.25, 0.3) is 0 Å². The fourth-order valence-electron chi connectivity index (χ4n) is 0.997. The monoisotopic (exact) mass is 211 g/mol. The highest BCUT2D eigenvalue weighted by Gasteiger charge is 2.13. The van der Waals surface area contributed by atoms with E-state index in [2.05, 4.69) is 20.7 Å². The fraction of sp³-hybridized carbons (Fsp3) is 0.778. The molecule has 6 nitrogen and oxygen atoms in total. The molecule has 1 rings (SSSR count). The van der Waals surface area contributed by atoms with E-state index in [1.165, 1.54) is 4.80 Å². The molecule has 0 saturated heterocycles. The van der Waals surface area contributed by atoms with Crippen LogP contribution >= 0.6 is 0 Å². The maximum atomic E-state index is 11.5. The van der Waals surface area contributed by atoms with Crippen LogP contribution in [0.2, 0.25) is 0 Å². The van der Waals surface area contributed by atoms with Gasteiger partial charge in [0.15, 0.2) is 11.6 Å². The number of carbonyl (C=O) groups is 1. The molecule has 1 aromatic heterocycles. The minimum Gasteiger partial charge on any atom is -0.305 e. The van der Waals surface area contributed by atoms with Crippen molar-refractivity contribution >= 4 is 5.78 Å². The van der Waals surface area contributed by atoms with Crippen LogP contribution in [0.5, 0.6) is 0 Å². The number of carbonyl (C=O) groups excluding carboxylic acids is 1. The van der Waals surface area contributed by atoms with Crippen molar-refractivity contribution in [3.05, 3.63) is 5.82 Å². The third-order valence-corrected chi connectivity index (χ3v) is 1.72. The van der Waals surface area contributed by atoms with Crippen molar-refractivity contribution < 1.29 is 4.79 Å². The van der Waals surface area contributed by atoms with Crippen LogP contribution in [0.4, 0.5) is 0 Å². The number of aromatic nitrogens is 4. The standard InChI is InChI=1S/C9H17N5O/c1-9(2,3)10-6-7(15)5-8-11-13-14(4)12-8/h10H,5-6H2,1-4H3. The van der Waals surface area contributed by atoms with Crippen LogP contribution in [-0.4, -0.2) is 38.1 Å². The first-order valence-corrected chi connectivity index (χ1v) is 4.86. The molecule has 0 aliphatic rings. The summed E-state index contributed by atoms with van der Waals surface area (Å²) in [6.07, 6.45) is 0.233. The van der Waals surface area contributed by atoms with E-state index in [1.54, 1.807) is 7.05 Å². The molecule has 0 radical (unpaired) electrons. The van der Waals surface area contributed by atoms with Gasteiger partial charge in [0.1, 0.15) is 0 Å². The van der Waals surface area contributed by atoms with Gasteiger partial charge >= 0.3 is 0 Å². The summed E-state index contributed by atoms with van der Waals surface area (Å²) in [5.74, 6) is 0.538. The number of Topliss-reactive ketones (excluding diaryl/α,β-unsaturated/α-hetero) is 1. The van der Waals surface area contributed by atoms with Crippen molar-refractivity contribution in [1.29, 1.82) is 0 Å². The van der Waals surface area contributed by atoms with Gasteiger partial charge in [0.2, 0.25) is 0 Å². The molecule has 0 fully saturated rings. The number of tetrazole rings is 1. The third-order valence-electron chi connectivity index (χ3n) is 1.72. The second kappa shape index (κ2) is 4.48. The van der Waals surface area contributed by atoms with E-state index in [-0.39, 0.29) is 17.7 Å². The summed E-state index contributed by atoms with van der Waals surface area (Å²) in [7, 11) is 1.67. The van der Waals surface area contributed by atoms with E-state index >= 15 is 0 Å². The van der Waals surface area contributed by atoms with E-state index in [4.69, 9.17) is 0 Å². The average molecular weight is 211 g/mol. The van der Waals surface area contributed by atoms with Gasteiger partial charge in [-0.15, -0.1) is 10.2 Å². The molecule has 1 aromatic rings. The normalized spacial score (nSPS) is 11.7. The summed E-state index contributed by atoms with van der Waals surface area (Å²) in [5.41, 5.74) is -0.0501. The topological polar surface area (TPSA) is 72.7 Å². The maximum Gasteiger partial charge on any atom is 0.182 e. The number of nitrogens with one attached hydrogen (secondary N) is 1. The van der Waals surface area contributed by atoms with Crippen molar-refractivity contribution in [3.8, 4) is 0 Å². The van der Waals surface area contributed by atoms with Crippen LogP contribution in [0.3, 0.4) is 0 Å². The van der Waals surface area contributed by atoms with E-state index in [0.717, 1.165) is 0 Å². The van der Waals surface area contributed by atoms with E-state index < -0.39 is 0 Å². The highest BCUT2D eigenvalue weighted by Crippen LogP contribution is 1.98. The van der Waals surface area contributed by atoms with E-state index in [1.807, 2.05) is 20.8 Å². The predicted molar refractivity (Wildman–Crippen MR) is 55.3 cm³/mol. The Bertz CT molecular complexity index is 339. The Labute approximate surface area is 89.0 Å². The SMILES string of the molecule is Cn1nnc(CC(=O)CNC(C)(C)C)n1. The van der Waals surface area contributed by atoms with Crippen molar-refractivity contribution in [2.45, 2.75) is 32.7 Å². The molecule has 0 amide bonds. The second-order valence-electron chi connectivity index (χ2n) is 4.51. The zero-order valence-corrected chi connectivity index (χ0v) is 9.61. The molecule has 84 valence electrons. The lowest BCUT2D eigenvalue weighted by molar-refractivity contribution is -0.118. The summed E-state index contributed by atoms with van der Waals surface area (Å²) in [6.45, 7) is 6.38. The second-order valence-corrected chi connectivity index (χ2v) is 4.51. The largest absolute Gasteiger partial charge is 0.305 e. The molecule has 1 heterocycles. The molecule has 0 saturated carbocycles. The van der Waals surface area contributed by atoms with Crippen LogP contribution < -0.4 is 5.32 Å². The van der Waals surface area contributed by atoms with Crippen molar-refractivity contribution in [1.82, 2.24) is 25.5 Å². The first-order chi connectivity index (χ1) is 6.87. The summed E-state index contributed by atoms with van der Waals surface area (Å²) in [4.78, 5) is 12.8. The number of hydrogen-bond donors (Lipinski definition) is 1. The Morgan fingerprint density at radius 3 is 2.60 bits per heavy atom. The van der Waals surface area contributed by atoms with Crippen molar-refractivity contribution in [3.63, 3.8) is 0 Å². The highest BCUT2D eigenvalue weighted by atomic mass is 16.1. The first-order valence-electron chi connectivity index (χ1n) is 4.86. The van der Waals surface area contributed by atoms with Crippen LogP contribution in [0.15, 0.2) is 0 Å². The number of ketones is 1. The smallest absolute Gasteiger partial charge is 0.182 e. The molecule has 0 atom stereocenters. The molecule has 6 heteroatoms. The van der Waals surface area contributed by atoms with Gasteiger partial charge in [-0.2, -0.15) is 4.80 Å². The Morgan fingerprint density at radius 1 is 1.47 bits per heavy atom. The zero-order valence-electron chi connectivity index (χ0n) is 9.61. The molecular formula is C9H17N5O. The summed E-state index contributed by atoms with van der Waals surface area (Å²) >= 11 is 0. The molecule has 0 aliphatic carbocycles. The molecule has 15 heavy (non-hydrogen) atoms.